The molecule has 2 aromatic carbocycles. The number of rotatable bonds is 9. The molecule has 1 aliphatic rings. The molecular weight excluding hydrogens is 509 g/mol. The van der Waals surface area contributed by atoms with Crippen molar-refractivity contribution in [2.45, 2.75) is 38.9 Å². The number of nitrogens with one attached hydrogen (secondary N) is 1. The van der Waals surface area contributed by atoms with Crippen LogP contribution in [-0.4, -0.2) is 49.6 Å². The number of fused-ring (bicyclic) bond motifs is 1. The Morgan fingerprint density at radius 1 is 1.13 bits per heavy atom. The summed E-state index contributed by atoms with van der Waals surface area (Å²) >= 11 is 5.82. The Balaban J connectivity index is 1.35. The molecule has 1 aliphatic carbocycles. The Bertz CT molecular complexity index is 1530. The molecule has 0 aliphatic heterocycles. The number of hydrogen-bond donors (Lipinski definition) is 1. The van der Waals surface area contributed by atoms with Gasteiger partial charge in [0.15, 0.2) is 5.78 Å². The number of hydrogen-bond acceptors (Lipinski definition) is 5. The molecule has 0 saturated heterocycles. The molecule has 4 aromatic rings. The van der Waals surface area contributed by atoms with Crippen molar-refractivity contribution in [2.24, 2.45) is 0 Å². The van der Waals surface area contributed by atoms with Gasteiger partial charge in [-0.15, -0.1) is 0 Å². The Morgan fingerprint density at radius 3 is 2.61 bits per heavy atom. The van der Waals surface area contributed by atoms with Gasteiger partial charge in [0.05, 0.1) is 11.6 Å². The maximum atomic E-state index is 14.2. The average molecular weight is 534 g/mol. The van der Waals surface area contributed by atoms with Crippen LogP contribution in [0.2, 0.25) is 5.02 Å². The zero-order valence-electron chi connectivity index (χ0n) is 20.7. The molecule has 0 atom stereocenters. The summed E-state index contributed by atoms with van der Waals surface area (Å²) in [5.41, 5.74) is 3.17. The van der Waals surface area contributed by atoms with Crippen molar-refractivity contribution in [2.75, 3.05) is 6.54 Å². The molecule has 1 fully saturated rings. The van der Waals surface area contributed by atoms with Crippen LogP contribution in [0.25, 0.3) is 22.0 Å². The van der Waals surface area contributed by atoms with Crippen molar-refractivity contribution in [1.29, 1.82) is 0 Å². The van der Waals surface area contributed by atoms with Crippen LogP contribution >= 0.6 is 11.6 Å². The van der Waals surface area contributed by atoms with E-state index in [0.717, 1.165) is 34.9 Å². The molecular formula is C28H25ClFN5O3. The van der Waals surface area contributed by atoms with Crippen molar-refractivity contribution in [3.05, 3.63) is 83.3 Å². The lowest BCUT2D eigenvalue weighted by Crippen LogP contribution is -2.43. The van der Waals surface area contributed by atoms with E-state index < -0.39 is 11.7 Å². The first-order chi connectivity index (χ1) is 18.3. The smallest absolute Gasteiger partial charge is 0.243 e. The van der Waals surface area contributed by atoms with Crippen LogP contribution in [0.4, 0.5) is 4.39 Å². The largest absolute Gasteiger partial charge is 0.350 e. The fourth-order valence-electron chi connectivity index (χ4n) is 4.46. The molecule has 10 heteroatoms. The van der Waals surface area contributed by atoms with Crippen molar-refractivity contribution < 1.29 is 18.8 Å². The van der Waals surface area contributed by atoms with E-state index in [0.29, 0.717) is 5.56 Å². The second-order valence-electron chi connectivity index (χ2n) is 9.33. The second kappa shape index (κ2) is 10.7. The summed E-state index contributed by atoms with van der Waals surface area (Å²) < 4.78 is 15.9. The Hall–Kier alpha value is -4.11. The molecule has 1 N–H and O–H groups in total. The van der Waals surface area contributed by atoms with Gasteiger partial charge in [-0.05, 0) is 37.5 Å². The van der Waals surface area contributed by atoms with Gasteiger partial charge in [0.2, 0.25) is 11.8 Å². The van der Waals surface area contributed by atoms with Gasteiger partial charge < -0.3 is 14.8 Å². The maximum Gasteiger partial charge on any atom is 0.243 e. The third kappa shape index (κ3) is 5.43. The normalized spacial score (nSPS) is 12.9. The lowest BCUT2D eigenvalue weighted by atomic mass is 10.0. The molecule has 1 saturated carbocycles. The summed E-state index contributed by atoms with van der Waals surface area (Å²) in [5, 5.41) is 3.40. The highest BCUT2D eigenvalue weighted by atomic mass is 35.5. The Morgan fingerprint density at radius 2 is 1.89 bits per heavy atom. The van der Waals surface area contributed by atoms with Crippen LogP contribution < -0.4 is 5.32 Å². The average Bonchev–Trinajstić information content (AvgIpc) is 3.70. The molecule has 2 heterocycles. The number of Topliss-reactive ketones (excluding diaryl/α,β-unsaturated/α-hetero) is 1. The predicted octanol–water partition coefficient (Wildman–Crippen LogP) is 4.40. The van der Waals surface area contributed by atoms with Crippen LogP contribution in [0.5, 0.6) is 0 Å². The van der Waals surface area contributed by atoms with Gasteiger partial charge in [0.25, 0.3) is 0 Å². The molecule has 0 radical (unpaired) electrons. The van der Waals surface area contributed by atoms with Crippen molar-refractivity contribution in [1.82, 2.24) is 24.8 Å². The van der Waals surface area contributed by atoms with Gasteiger partial charge in [0, 0.05) is 58.8 Å². The first kappa shape index (κ1) is 25.5. The van der Waals surface area contributed by atoms with Crippen molar-refractivity contribution >= 4 is 40.1 Å². The minimum absolute atomic E-state index is 0.0154. The van der Waals surface area contributed by atoms with Gasteiger partial charge >= 0.3 is 0 Å². The summed E-state index contributed by atoms with van der Waals surface area (Å²) in [5.74, 6) is -1.31. The van der Waals surface area contributed by atoms with Crippen LogP contribution in [-0.2, 0) is 22.7 Å². The van der Waals surface area contributed by atoms with Crippen molar-refractivity contribution in [3.63, 3.8) is 0 Å². The number of halogens is 2. The molecule has 0 spiro atoms. The highest BCUT2D eigenvalue weighted by Gasteiger charge is 2.34. The minimum atomic E-state index is -0.577. The summed E-state index contributed by atoms with van der Waals surface area (Å²) in [6.07, 6.45) is 8.15. The van der Waals surface area contributed by atoms with Crippen LogP contribution in [0, 0.1) is 5.82 Å². The summed E-state index contributed by atoms with van der Waals surface area (Å²) in [6.45, 7) is 1.28. The Labute approximate surface area is 223 Å². The van der Waals surface area contributed by atoms with E-state index in [9.17, 15) is 18.8 Å². The van der Waals surface area contributed by atoms with Gasteiger partial charge in [0.1, 0.15) is 18.7 Å². The topological polar surface area (TPSA) is 97.2 Å². The molecule has 38 heavy (non-hydrogen) atoms. The number of ketones is 1. The quantitative estimate of drug-likeness (QED) is 0.322. The lowest BCUT2D eigenvalue weighted by molar-refractivity contribution is -0.137. The molecule has 2 aromatic heterocycles. The number of carbonyl (C=O) groups is 3. The number of benzene rings is 2. The molecule has 194 valence electrons. The molecule has 2 amide bonds. The summed E-state index contributed by atoms with van der Waals surface area (Å²) in [4.78, 5) is 48.1. The zero-order chi connectivity index (χ0) is 26.8. The van der Waals surface area contributed by atoms with E-state index in [1.807, 2.05) is 18.2 Å². The summed E-state index contributed by atoms with van der Waals surface area (Å²) in [7, 11) is 0. The van der Waals surface area contributed by atoms with E-state index in [-0.39, 0.29) is 48.0 Å². The van der Waals surface area contributed by atoms with Crippen LogP contribution in [0.15, 0.2) is 61.3 Å². The van der Waals surface area contributed by atoms with Gasteiger partial charge in [-0.25, -0.2) is 14.4 Å². The molecule has 0 bridgehead atoms. The van der Waals surface area contributed by atoms with Crippen molar-refractivity contribution in [3.8, 4) is 11.1 Å². The van der Waals surface area contributed by atoms with Gasteiger partial charge in [-0.1, -0.05) is 35.9 Å². The third-order valence-corrected chi connectivity index (χ3v) is 6.88. The molecule has 0 unspecified atom stereocenters. The fraction of sp³-hybridized carbons (Fsp3) is 0.250. The first-order valence-electron chi connectivity index (χ1n) is 12.2. The van der Waals surface area contributed by atoms with Crippen LogP contribution in [0.1, 0.15) is 35.7 Å². The number of amides is 2. The summed E-state index contributed by atoms with van der Waals surface area (Å²) in [6, 6.07) is 10.2. The highest BCUT2D eigenvalue weighted by molar-refractivity contribution is 6.30. The Kier molecular flexibility index (Phi) is 7.20. The lowest BCUT2D eigenvalue weighted by Gasteiger charge is -2.22. The zero-order valence-corrected chi connectivity index (χ0v) is 21.4. The van der Waals surface area contributed by atoms with Gasteiger partial charge in [-0.2, -0.15) is 0 Å². The second-order valence-corrected chi connectivity index (χ2v) is 9.74. The number of aromatic nitrogens is 3. The fourth-order valence-corrected chi connectivity index (χ4v) is 4.66. The van der Waals surface area contributed by atoms with E-state index in [1.165, 1.54) is 19.3 Å². The third-order valence-electron chi connectivity index (χ3n) is 6.59. The van der Waals surface area contributed by atoms with E-state index in [1.54, 1.807) is 40.2 Å². The maximum absolute atomic E-state index is 14.2. The predicted molar refractivity (Wildman–Crippen MR) is 141 cm³/mol. The SMILES string of the molecule is CC(=O)c1cn(CC(=O)N(CC(=O)NCc2cccc(Cl)c2F)C2CC2)c2cc(-c3cncnc3)ccc12. The van der Waals surface area contributed by atoms with E-state index in [4.69, 9.17) is 11.6 Å². The van der Waals surface area contributed by atoms with E-state index >= 15 is 0 Å². The molecule has 8 nitrogen and oxygen atoms in total. The number of nitrogens with zero attached hydrogens (tertiary/aromatic N) is 4. The monoisotopic (exact) mass is 533 g/mol. The first-order valence-corrected chi connectivity index (χ1v) is 12.6. The highest BCUT2D eigenvalue weighted by Crippen LogP contribution is 2.30. The standard InChI is InChI=1S/C28H25ClFN5O3/c1-17(36)23-13-34(25-9-18(5-8-22(23)25)20-10-31-16-32-11-20)15-27(38)35(21-6-7-21)14-26(37)33-12-19-3-2-4-24(29)28(19)30/h2-5,8-11,13,16,21H,6-7,12,14-15H2,1H3,(H,33,37). The molecule has 5 rings (SSSR count). The van der Waals surface area contributed by atoms with Crippen LogP contribution in [0.3, 0.4) is 0 Å². The minimum Gasteiger partial charge on any atom is -0.350 e. The van der Waals surface area contributed by atoms with E-state index in [2.05, 4.69) is 15.3 Å². The number of carbonyl (C=O) groups excluding carboxylic acids is 3. The van der Waals surface area contributed by atoms with Gasteiger partial charge in [-0.3, -0.25) is 14.4 Å².